The summed E-state index contributed by atoms with van der Waals surface area (Å²) < 4.78 is 0. The van der Waals surface area contributed by atoms with Gasteiger partial charge >= 0.3 is 11.9 Å². The van der Waals surface area contributed by atoms with Gasteiger partial charge in [-0.15, -0.1) is 0 Å². The normalized spacial score (nSPS) is 17.0. The lowest BCUT2D eigenvalue weighted by atomic mass is 9.94. The quantitative estimate of drug-likeness (QED) is 0.621. The molecule has 0 saturated heterocycles. The van der Waals surface area contributed by atoms with Crippen molar-refractivity contribution in [2.24, 2.45) is 0 Å². The van der Waals surface area contributed by atoms with Crippen LogP contribution < -0.4 is 5.32 Å². The molecule has 0 spiro atoms. The van der Waals surface area contributed by atoms with Crippen molar-refractivity contribution in [3.8, 4) is 0 Å². The Morgan fingerprint density at radius 3 is 2.24 bits per heavy atom. The number of aliphatic carboxylic acids is 2. The Balaban J connectivity index is 0.000000433. The minimum atomic E-state index is -0.722. The van der Waals surface area contributed by atoms with Crippen molar-refractivity contribution < 1.29 is 19.8 Å². The number of hydrogen-bond acceptors (Lipinski definition) is 4. The van der Waals surface area contributed by atoms with Crippen LogP contribution >= 0.6 is 0 Å². The molecule has 6 heteroatoms. The lowest BCUT2D eigenvalue weighted by Gasteiger charge is -2.33. The number of carbonyl (C=O) groups is 2. The van der Waals surface area contributed by atoms with E-state index in [0.717, 1.165) is 19.4 Å². The summed E-state index contributed by atoms with van der Waals surface area (Å²) in [7, 11) is 3.73. The van der Waals surface area contributed by atoms with E-state index in [2.05, 4.69) is 5.32 Å². The highest BCUT2D eigenvalue weighted by Crippen LogP contribution is 2.22. The number of hydrogen-bond donors (Lipinski definition) is 3. The molecule has 0 heterocycles. The molecule has 0 amide bonds. The average molecular weight is 302 g/mol. The smallest absolute Gasteiger partial charge is 0.320 e. The second kappa shape index (κ2) is 11.5. The minimum absolute atomic E-state index is 0.265. The molecule has 0 aliphatic heterocycles. The van der Waals surface area contributed by atoms with Crippen molar-refractivity contribution in [3.63, 3.8) is 0 Å². The van der Waals surface area contributed by atoms with Gasteiger partial charge < -0.3 is 15.5 Å². The fraction of sp³-hybridized carbons (Fsp3) is 0.867. The molecule has 0 aromatic carbocycles. The summed E-state index contributed by atoms with van der Waals surface area (Å²) in [6.45, 7) is 2.54. The minimum Gasteiger partial charge on any atom is -0.481 e. The summed E-state index contributed by atoms with van der Waals surface area (Å²) in [6, 6.07) is 0.142. The Kier molecular flexibility index (Phi) is 10.9. The number of rotatable bonds is 7. The van der Waals surface area contributed by atoms with Crippen molar-refractivity contribution >= 4 is 11.9 Å². The molecule has 1 fully saturated rings. The monoisotopic (exact) mass is 302 g/mol. The van der Waals surface area contributed by atoms with E-state index in [1.165, 1.54) is 19.3 Å². The van der Waals surface area contributed by atoms with E-state index in [1.807, 2.05) is 19.0 Å². The summed E-state index contributed by atoms with van der Waals surface area (Å²) in [6.07, 6.45) is 7.11. The number of carboxylic acids is 2. The summed E-state index contributed by atoms with van der Waals surface area (Å²) in [5.74, 6) is -1.44. The standard InChI is InChI=1S/C10H19NO2.C5H11NO2/c1-8(10(12)13)11(2)9-6-4-3-5-7-9;1-6-4-2-3-5(7)8/h8-9H,3-7H2,1-2H3,(H,12,13);6H,2-4H2,1H3,(H,7,8)/t8-;/m0./s1. The first-order valence-electron chi connectivity index (χ1n) is 7.71. The van der Waals surface area contributed by atoms with Gasteiger partial charge in [0, 0.05) is 12.5 Å². The van der Waals surface area contributed by atoms with Gasteiger partial charge in [-0.2, -0.15) is 0 Å². The van der Waals surface area contributed by atoms with Crippen molar-refractivity contribution in [1.29, 1.82) is 0 Å². The Labute approximate surface area is 127 Å². The maximum Gasteiger partial charge on any atom is 0.320 e. The third-order valence-electron chi connectivity index (χ3n) is 3.94. The summed E-state index contributed by atoms with van der Waals surface area (Å²) in [4.78, 5) is 22.6. The Morgan fingerprint density at radius 1 is 1.24 bits per heavy atom. The Bertz CT molecular complexity index is 304. The molecule has 21 heavy (non-hydrogen) atoms. The van der Waals surface area contributed by atoms with E-state index in [4.69, 9.17) is 10.2 Å². The molecular weight excluding hydrogens is 272 g/mol. The number of nitrogens with zero attached hydrogens (tertiary/aromatic N) is 1. The average Bonchev–Trinajstić information content (AvgIpc) is 2.47. The number of likely N-dealkylation sites (N-methyl/N-ethyl adjacent to an activating group) is 1. The predicted octanol–water partition coefficient (Wildman–Crippen LogP) is 1.79. The fourth-order valence-electron chi connectivity index (χ4n) is 2.40. The van der Waals surface area contributed by atoms with Gasteiger partial charge in [-0.1, -0.05) is 19.3 Å². The molecular formula is C15H30N2O4. The van der Waals surface area contributed by atoms with Crippen LogP contribution in [0, 0.1) is 0 Å². The number of carboxylic acid groups (broad SMARTS) is 2. The molecule has 1 saturated carbocycles. The first-order chi connectivity index (χ1) is 9.90. The van der Waals surface area contributed by atoms with Crippen LogP contribution in [0.3, 0.4) is 0 Å². The molecule has 0 aromatic rings. The van der Waals surface area contributed by atoms with Gasteiger partial charge in [0.15, 0.2) is 0 Å². The van der Waals surface area contributed by atoms with Crippen LogP contribution in [0.5, 0.6) is 0 Å². The van der Waals surface area contributed by atoms with Crippen molar-refractivity contribution in [3.05, 3.63) is 0 Å². The van der Waals surface area contributed by atoms with Crippen LogP contribution in [0.25, 0.3) is 0 Å². The summed E-state index contributed by atoms with van der Waals surface area (Å²) in [5.41, 5.74) is 0. The lowest BCUT2D eigenvalue weighted by Crippen LogP contribution is -2.43. The first-order valence-corrected chi connectivity index (χ1v) is 7.71. The highest BCUT2D eigenvalue weighted by atomic mass is 16.4. The molecule has 1 aliphatic carbocycles. The second-order valence-electron chi connectivity index (χ2n) is 5.57. The maximum atomic E-state index is 10.7. The molecule has 124 valence electrons. The molecule has 1 rings (SSSR count). The molecule has 1 atom stereocenters. The largest absolute Gasteiger partial charge is 0.481 e. The zero-order valence-electron chi connectivity index (χ0n) is 13.5. The highest BCUT2D eigenvalue weighted by Gasteiger charge is 2.25. The van der Waals surface area contributed by atoms with Crippen LogP contribution in [-0.4, -0.2) is 59.8 Å². The van der Waals surface area contributed by atoms with Gasteiger partial charge in [-0.3, -0.25) is 14.5 Å². The third-order valence-corrected chi connectivity index (χ3v) is 3.94. The van der Waals surface area contributed by atoms with Gasteiger partial charge in [-0.05, 0) is 46.8 Å². The van der Waals surface area contributed by atoms with Crippen LogP contribution in [0.1, 0.15) is 51.9 Å². The van der Waals surface area contributed by atoms with Gasteiger partial charge in [0.25, 0.3) is 0 Å². The number of nitrogens with one attached hydrogen (secondary N) is 1. The van der Waals surface area contributed by atoms with Crippen LogP contribution in [0.4, 0.5) is 0 Å². The second-order valence-corrected chi connectivity index (χ2v) is 5.57. The first kappa shape index (κ1) is 19.9. The SMILES string of the molecule is CNCCCC(=O)O.C[C@@H](C(=O)O)N(C)C1CCCCC1. The molecule has 0 radical (unpaired) electrons. The van der Waals surface area contributed by atoms with Crippen LogP contribution in [0.15, 0.2) is 0 Å². The van der Waals surface area contributed by atoms with Gasteiger partial charge in [0.05, 0.1) is 0 Å². The zero-order chi connectivity index (χ0) is 16.3. The van der Waals surface area contributed by atoms with Crippen LogP contribution in [-0.2, 0) is 9.59 Å². The van der Waals surface area contributed by atoms with Crippen molar-refractivity contribution in [1.82, 2.24) is 10.2 Å². The van der Waals surface area contributed by atoms with E-state index in [1.54, 1.807) is 6.92 Å². The molecule has 0 unspecified atom stereocenters. The summed E-state index contributed by atoms with van der Waals surface area (Å²) >= 11 is 0. The van der Waals surface area contributed by atoms with Crippen LogP contribution in [0.2, 0.25) is 0 Å². The van der Waals surface area contributed by atoms with E-state index >= 15 is 0 Å². The van der Waals surface area contributed by atoms with Gasteiger partial charge in [0.1, 0.15) is 6.04 Å². The van der Waals surface area contributed by atoms with Crippen molar-refractivity contribution in [2.75, 3.05) is 20.6 Å². The van der Waals surface area contributed by atoms with E-state index in [0.29, 0.717) is 12.5 Å². The van der Waals surface area contributed by atoms with Crippen molar-refractivity contribution in [2.45, 2.75) is 64.0 Å². The Hall–Kier alpha value is -1.14. The maximum absolute atomic E-state index is 10.7. The molecule has 1 aliphatic rings. The lowest BCUT2D eigenvalue weighted by molar-refractivity contribution is -0.143. The molecule has 0 aromatic heterocycles. The highest BCUT2D eigenvalue weighted by molar-refractivity contribution is 5.72. The Morgan fingerprint density at radius 2 is 1.81 bits per heavy atom. The third kappa shape index (κ3) is 9.42. The fourth-order valence-corrected chi connectivity index (χ4v) is 2.40. The van der Waals surface area contributed by atoms with E-state index in [-0.39, 0.29) is 12.5 Å². The van der Waals surface area contributed by atoms with Gasteiger partial charge in [0.2, 0.25) is 0 Å². The van der Waals surface area contributed by atoms with E-state index < -0.39 is 11.9 Å². The summed E-state index contributed by atoms with van der Waals surface area (Å²) in [5, 5.41) is 19.8. The van der Waals surface area contributed by atoms with Gasteiger partial charge in [-0.25, -0.2) is 0 Å². The topological polar surface area (TPSA) is 89.9 Å². The zero-order valence-corrected chi connectivity index (χ0v) is 13.5. The predicted molar refractivity (Wildman–Crippen MR) is 82.5 cm³/mol. The molecule has 6 nitrogen and oxygen atoms in total. The molecule has 0 bridgehead atoms. The van der Waals surface area contributed by atoms with E-state index in [9.17, 15) is 9.59 Å². The molecule has 3 N–H and O–H groups in total.